The molecule has 45 heavy (non-hydrogen) atoms. The van der Waals surface area contributed by atoms with Crippen molar-refractivity contribution < 1.29 is 0 Å². The number of hydrogen-bond acceptors (Lipinski definition) is 1. The lowest BCUT2D eigenvalue weighted by molar-refractivity contribution is 1.18. The lowest BCUT2D eigenvalue weighted by Gasteiger charge is -2.18. The van der Waals surface area contributed by atoms with Gasteiger partial charge < -0.3 is 4.57 Å². The van der Waals surface area contributed by atoms with Crippen molar-refractivity contribution in [2.75, 3.05) is 0 Å². The second-order valence-corrected chi connectivity index (χ2v) is 11.6. The molecule has 9 rings (SSSR count). The van der Waals surface area contributed by atoms with Gasteiger partial charge in [0, 0.05) is 34.4 Å². The van der Waals surface area contributed by atoms with Gasteiger partial charge >= 0.3 is 0 Å². The van der Waals surface area contributed by atoms with E-state index in [1.54, 1.807) is 0 Å². The number of pyridine rings is 1. The number of hydrogen-bond donors (Lipinski definition) is 0. The van der Waals surface area contributed by atoms with E-state index in [9.17, 15) is 0 Å². The molecule has 0 fully saturated rings. The molecule has 0 unspecified atom stereocenters. The summed E-state index contributed by atoms with van der Waals surface area (Å²) >= 11 is 0. The molecule has 0 saturated carbocycles. The molecule has 210 valence electrons. The molecule has 0 spiro atoms. The zero-order valence-corrected chi connectivity index (χ0v) is 24.6. The third-order valence-corrected chi connectivity index (χ3v) is 9.06. The largest absolute Gasteiger partial charge is 0.309 e. The summed E-state index contributed by atoms with van der Waals surface area (Å²) in [4.78, 5) is 4.38. The number of rotatable bonds is 4. The third kappa shape index (κ3) is 4.07. The molecule has 0 saturated heterocycles. The molecule has 0 N–H and O–H groups in total. The zero-order valence-electron chi connectivity index (χ0n) is 24.6. The first kappa shape index (κ1) is 25.5. The van der Waals surface area contributed by atoms with Gasteiger partial charge in [-0.2, -0.15) is 0 Å². The van der Waals surface area contributed by atoms with Crippen molar-refractivity contribution in [2.45, 2.75) is 0 Å². The van der Waals surface area contributed by atoms with E-state index in [1.807, 2.05) is 18.5 Å². The molecule has 2 aromatic heterocycles. The predicted octanol–water partition coefficient (Wildman–Crippen LogP) is 11.5. The van der Waals surface area contributed by atoms with Crippen LogP contribution in [0.2, 0.25) is 0 Å². The summed E-state index contributed by atoms with van der Waals surface area (Å²) in [6.07, 6.45) is 3.76. The van der Waals surface area contributed by atoms with Crippen LogP contribution in [0.5, 0.6) is 0 Å². The van der Waals surface area contributed by atoms with Crippen molar-refractivity contribution in [1.82, 2.24) is 9.55 Å². The highest BCUT2D eigenvalue weighted by molar-refractivity contribution is 6.22. The summed E-state index contributed by atoms with van der Waals surface area (Å²) in [6, 6.07) is 57.1. The molecule has 0 aliphatic carbocycles. The quantitative estimate of drug-likeness (QED) is 0.192. The van der Waals surface area contributed by atoms with E-state index in [0.717, 1.165) is 16.8 Å². The standard InChI is InChI=1S/C43H28N2/c1-3-12-29(13-4-1)42-36-17-7-9-19-38(36)43(39-20-10-8-18-37(39)42)31-22-24-35-34-23-21-30(32-14-11-25-44-28-32)26-40(34)45(41(35)27-31)33-15-5-2-6-16-33/h1-28H. The summed E-state index contributed by atoms with van der Waals surface area (Å²) in [6.45, 7) is 0. The number of para-hydroxylation sites is 1. The summed E-state index contributed by atoms with van der Waals surface area (Å²) < 4.78 is 2.41. The molecule has 0 bridgehead atoms. The lowest BCUT2D eigenvalue weighted by atomic mass is 9.86. The maximum Gasteiger partial charge on any atom is 0.0547 e. The van der Waals surface area contributed by atoms with Gasteiger partial charge in [0.2, 0.25) is 0 Å². The van der Waals surface area contributed by atoms with Gasteiger partial charge in [0.15, 0.2) is 0 Å². The van der Waals surface area contributed by atoms with Gasteiger partial charge in [-0.15, -0.1) is 0 Å². The van der Waals surface area contributed by atoms with E-state index >= 15 is 0 Å². The van der Waals surface area contributed by atoms with E-state index in [4.69, 9.17) is 0 Å². The molecule has 0 aliphatic heterocycles. The van der Waals surface area contributed by atoms with Crippen LogP contribution in [-0.4, -0.2) is 9.55 Å². The van der Waals surface area contributed by atoms with E-state index < -0.39 is 0 Å². The molecule has 0 aliphatic rings. The highest BCUT2D eigenvalue weighted by Crippen LogP contribution is 2.45. The van der Waals surface area contributed by atoms with E-state index in [1.165, 1.54) is 65.6 Å². The summed E-state index contributed by atoms with van der Waals surface area (Å²) in [5.74, 6) is 0. The van der Waals surface area contributed by atoms with E-state index in [2.05, 4.69) is 161 Å². The summed E-state index contributed by atoms with van der Waals surface area (Å²) in [5, 5.41) is 7.53. The number of aromatic nitrogens is 2. The molecule has 0 amide bonds. The van der Waals surface area contributed by atoms with Gasteiger partial charge in [0.1, 0.15) is 0 Å². The monoisotopic (exact) mass is 572 g/mol. The second-order valence-electron chi connectivity index (χ2n) is 11.6. The van der Waals surface area contributed by atoms with Gasteiger partial charge in [0.05, 0.1) is 11.0 Å². The van der Waals surface area contributed by atoms with E-state index in [-0.39, 0.29) is 0 Å². The first-order chi connectivity index (χ1) is 22.3. The topological polar surface area (TPSA) is 17.8 Å². The highest BCUT2D eigenvalue weighted by Gasteiger charge is 2.19. The molecule has 2 nitrogen and oxygen atoms in total. The predicted molar refractivity (Wildman–Crippen MR) is 190 cm³/mol. The molecular weight excluding hydrogens is 544 g/mol. The first-order valence-corrected chi connectivity index (χ1v) is 15.4. The van der Waals surface area contributed by atoms with Crippen molar-refractivity contribution in [3.8, 4) is 39.1 Å². The Balaban J connectivity index is 1.37. The number of nitrogens with zero attached hydrogens (tertiary/aromatic N) is 2. The van der Waals surface area contributed by atoms with Crippen molar-refractivity contribution >= 4 is 43.4 Å². The Morgan fingerprint density at radius 2 is 0.844 bits per heavy atom. The minimum absolute atomic E-state index is 1.11. The fourth-order valence-corrected chi connectivity index (χ4v) is 7.10. The van der Waals surface area contributed by atoms with Crippen LogP contribution in [0.4, 0.5) is 0 Å². The smallest absolute Gasteiger partial charge is 0.0547 e. The lowest BCUT2D eigenvalue weighted by Crippen LogP contribution is -1.94. The average Bonchev–Trinajstić information content (AvgIpc) is 3.44. The number of benzene rings is 7. The van der Waals surface area contributed by atoms with Crippen LogP contribution >= 0.6 is 0 Å². The molecular formula is C43H28N2. The fraction of sp³-hybridized carbons (Fsp3) is 0. The van der Waals surface area contributed by atoms with Crippen molar-refractivity contribution in [1.29, 1.82) is 0 Å². The minimum Gasteiger partial charge on any atom is -0.309 e. The van der Waals surface area contributed by atoms with Crippen LogP contribution in [0.3, 0.4) is 0 Å². The maximum absolute atomic E-state index is 4.38. The third-order valence-electron chi connectivity index (χ3n) is 9.06. The van der Waals surface area contributed by atoms with E-state index in [0.29, 0.717) is 0 Å². The van der Waals surface area contributed by atoms with Crippen LogP contribution in [-0.2, 0) is 0 Å². The van der Waals surface area contributed by atoms with Crippen LogP contribution in [0.25, 0.3) is 82.4 Å². The van der Waals surface area contributed by atoms with Gasteiger partial charge in [-0.1, -0.05) is 127 Å². The number of fused-ring (bicyclic) bond motifs is 5. The van der Waals surface area contributed by atoms with Crippen LogP contribution in [0.15, 0.2) is 170 Å². The second kappa shape index (κ2) is 10.3. The van der Waals surface area contributed by atoms with Crippen molar-refractivity contribution in [3.63, 3.8) is 0 Å². The van der Waals surface area contributed by atoms with Crippen molar-refractivity contribution in [2.24, 2.45) is 0 Å². The van der Waals surface area contributed by atoms with Crippen LogP contribution in [0.1, 0.15) is 0 Å². The van der Waals surface area contributed by atoms with Crippen molar-refractivity contribution in [3.05, 3.63) is 170 Å². The highest BCUT2D eigenvalue weighted by atomic mass is 15.0. The maximum atomic E-state index is 4.38. The van der Waals surface area contributed by atoms with Crippen LogP contribution in [0, 0.1) is 0 Å². The summed E-state index contributed by atoms with van der Waals surface area (Å²) in [5.41, 5.74) is 10.8. The zero-order chi connectivity index (χ0) is 29.7. The molecule has 2 heteroatoms. The molecule has 7 aromatic carbocycles. The van der Waals surface area contributed by atoms with Crippen LogP contribution < -0.4 is 0 Å². The molecule has 0 radical (unpaired) electrons. The first-order valence-electron chi connectivity index (χ1n) is 15.4. The fourth-order valence-electron chi connectivity index (χ4n) is 7.10. The van der Waals surface area contributed by atoms with Gasteiger partial charge in [-0.05, 0) is 79.7 Å². The van der Waals surface area contributed by atoms with Gasteiger partial charge in [-0.3, -0.25) is 4.98 Å². The van der Waals surface area contributed by atoms with Gasteiger partial charge in [0.25, 0.3) is 0 Å². The average molecular weight is 573 g/mol. The Kier molecular flexibility index (Phi) is 5.85. The minimum atomic E-state index is 1.11. The Morgan fingerprint density at radius 3 is 1.42 bits per heavy atom. The molecule has 0 atom stereocenters. The Morgan fingerprint density at radius 1 is 0.356 bits per heavy atom. The molecule has 2 heterocycles. The SMILES string of the molecule is c1ccc(-c2c3ccccc3c(-c3ccc4c5ccc(-c6cccnc6)cc5n(-c5ccccc5)c4c3)c3ccccc23)cc1. The molecule has 9 aromatic rings. The Bertz CT molecular complexity index is 2450. The summed E-state index contributed by atoms with van der Waals surface area (Å²) in [7, 11) is 0. The normalized spacial score (nSPS) is 11.6. The Labute approximate surface area is 261 Å². The Hall–Kier alpha value is -5.99. The van der Waals surface area contributed by atoms with Gasteiger partial charge in [-0.25, -0.2) is 0 Å².